The number of nitrogens with one attached hydrogen (secondary N) is 1. The third kappa shape index (κ3) is 6.93. The summed E-state index contributed by atoms with van der Waals surface area (Å²) in [6.07, 6.45) is 3.21. The highest BCUT2D eigenvalue weighted by atomic mass is 35.5. The van der Waals surface area contributed by atoms with Gasteiger partial charge in [-0.3, -0.25) is 4.90 Å². The summed E-state index contributed by atoms with van der Waals surface area (Å²) in [6, 6.07) is 12.9. The van der Waals surface area contributed by atoms with Crippen molar-refractivity contribution in [3.63, 3.8) is 0 Å². The second-order valence-electron chi connectivity index (χ2n) is 7.58. The molecule has 1 fully saturated rings. The monoisotopic (exact) mass is 460 g/mol. The van der Waals surface area contributed by atoms with Crippen molar-refractivity contribution in [3.8, 4) is 0 Å². The zero-order valence-electron chi connectivity index (χ0n) is 16.6. The third-order valence-electron chi connectivity index (χ3n) is 5.28. The average molecular weight is 461 g/mol. The Labute approximate surface area is 183 Å². The Morgan fingerprint density at radius 3 is 2.34 bits per heavy atom. The summed E-state index contributed by atoms with van der Waals surface area (Å²) in [5.41, 5.74) is 3.27. The Morgan fingerprint density at radius 1 is 1.17 bits per heavy atom. The van der Waals surface area contributed by atoms with Gasteiger partial charge in [0.1, 0.15) is 5.82 Å². The molecule has 4 nitrogen and oxygen atoms in total. The van der Waals surface area contributed by atoms with Gasteiger partial charge in [-0.2, -0.15) is 0 Å². The number of benzene rings is 2. The first-order chi connectivity index (χ1) is 13.2. The first-order valence-electron chi connectivity index (χ1n) is 9.45. The maximum atomic E-state index is 13.4. The number of nitrogens with zero attached hydrogens (tertiary/aromatic N) is 1. The maximum Gasteiger partial charge on any atom is 0.209 e. The van der Waals surface area contributed by atoms with E-state index >= 15 is 0 Å². The van der Waals surface area contributed by atoms with E-state index in [2.05, 4.69) is 21.8 Å². The molecule has 0 unspecified atom stereocenters. The van der Waals surface area contributed by atoms with Gasteiger partial charge in [-0.15, -0.1) is 12.4 Å². The zero-order chi connectivity index (χ0) is 20.3. The van der Waals surface area contributed by atoms with Crippen LogP contribution in [0.2, 0.25) is 5.02 Å². The molecule has 1 N–H and O–H groups in total. The quantitative estimate of drug-likeness (QED) is 0.667. The molecular weight excluding hydrogens is 434 g/mol. The van der Waals surface area contributed by atoms with Gasteiger partial charge >= 0.3 is 0 Å². The molecule has 0 aliphatic carbocycles. The molecule has 3 rings (SSSR count). The largest absolute Gasteiger partial charge is 0.299 e. The molecule has 0 saturated carbocycles. The molecule has 1 aliphatic heterocycles. The van der Waals surface area contributed by atoms with Crippen LogP contribution in [0, 0.1) is 5.82 Å². The number of piperidine rings is 1. The molecule has 1 saturated heterocycles. The maximum absolute atomic E-state index is 13.4. The second kappa shape index (κ2) is 10.2. The van der Waals surface area contributed by atoms with Crippen molar-refractivity contribution in [2.45, 2.75) is 38.3 Å². The lowest BCUT2D eigenvalue weighted by atomic mass is 9.89. The SMILES string of the molecule is C[C@@H](NS(C)(=O)=O)c1ccc(CN2CCC(c3ccc(F)c(Cl)c3)CC2)cc1.Cl. The predicted molar refractivity (Wildman–Crippen MR) is 119 cm³/mol. The van der Waals surface area contributed by atoms with Crippen LogP contribution < -0.4 is 4.72 Å². The fourth-order valence-corrected chi connectivity index (χ4v) is 4.72. The molecule has 0 aromatic heterocycles. The van der Waals surface area contributed by atoms with Crippen LogP contribution in [-0.4, -0.2) is 32.7 Å². The number of halogens is 3. The van der Waals surface area contributed by atoms with E-state index in [0.717, 1.165) is 43.6 Å². The number of likely N-dealkylation sites (tertiary alicyclic amines) is 1. The molecule has 1 heterocycles. The van der Waals surface area contributed by atoms with E-state index in [-0.39, 0.29) is 29.3 Å². The van der Waals surface area contributed by atoms with E-state index in [1.807, 2.05) is 25.1 Å². The number of sulfonamides is 1. The number of hydrogen-bond donors (Lipinski definition) is 1. The van der Waals surface area contributed by atoms with Crippen molar-refractivity contribution in [2.24, 2.45) is 0 Å². The van der Waals surface area contributed by atoms with Crippen molar-refractivity contribution in [1.82, 2.24) is 9.62 Å². The van der Waals surface area contributed by atoms with Crippen LogP contribution in [0.4, 0.5) is 4.39 Å². The summed E-state index contributed by atoms with van der Waals surface area (Å²) < 4.78 is 38.7. The van der Waals surface area contributed by atoms with Gasteiger partial charge in [0.2, 0.25) is 10.0 Å². The molecule has 8 heteroatoms. The Kier molecular flexibility index (Phi) is 8.49. The highest BCUT2D eigenvalue weighted by Gasteiger charge is 2.21. The van der Waals surface area contributed by atoms with E-state index in [1.165, 1.54) is 17.9 Å². The van der Waals surface area contributed by atoms with Gasteiger partial charge in [-0.25, -0.2) is 17.5 Å². The Hall–Kier alpha value is -1.18. The van der Waals surface area contributed by atoms with Crippen molar-refractivity contribution >= 4 is 34.0 Å². The smallest absolute Gasteiger partial charge is 0.209 e. The van der Waals surface area contributed by atoms with Crippen LogP contribution in [0.3, 0.4) is 0 Å². The summed E-state index contributed by atoms with van der Waals surface area (Å²) in [5, 5.41) is 0.194. The molecular formula is C21H27Cl2FN2O2S. The highest BCUT2D eigenvalue weighted by Crippen LogP contribution is 2.31. The molecule has 0 bridgehead atoms. The minimum Gasteiger partial charge on any atom is -0.299 e. The summed E-state index contributed by atoms with van der Waals surface area (Å²) in [4.78, 5) is 2.41. The molecule has 1 aliphatic rings. The van der Waals surface area contributed by atoms with E-state index < -0.39 is 10.0 Å². The zero-order valence-corrected chi connectivity index (χ0v) is 19.0. The summed E-state index contributed by atoms with van der Waals surface area (Å²) in [7, 11) is -3.22. The molecule has 29 heavy (non-hydrogen) atoms. The van der Waals surface area contributed by atoms with Gasteiger partial charge in [-0.1, -0.05) is 41.9 Å². The fraction of sp³-hybridized carbons (Fsp3) is 0.429. The first kappa shape index (κ1) is 24.1. The van der Waals surface area contributed by atoms with Crippen LogP contribution >= 0.6 is 24.0 Å². The van der Waals surface area contributed by atoms with Gasteiger partial charge in [-0.05, 0) is 67.6 Å². The lowest BCUT2D eigenvalue weighted by Crippen LogP contribution is -2.32. The van der Waals surface area contributed by atoms with Gasteiger partial charge in [0.25, 0.3) is 0 Å². The minimum atomic E-state index is -3.22. The molecule has 0 spiro atoms. The van der Waals surface area contributed by atoms with Crippen LogP contribution in [-0.2, 0) is 16.6 Å². The highest BCUT2D eigenvalue weighted by molar-refractivity contribution is 7.88. The van der Waals surface area contributed by atoms with Crippen LogP contribution in [0.5, 0.6) is 0 Å². The normalized spacial score (nSPS) is 17.0. The minimum absolute atomic E-state index is 0. The van der Waals surface area contributed by atoms with Gasteiger partial charge in [0.05, 0.1) is 11.3 Å². The standard InChI is InChI=1S/C21H26ClFN2O2S.ClH/c1-15(24-28(2,26)27)17-5-3-16(4-6-17)14-25-11-9-18(10-12-25)19-7-8-21(23)20(22)13-19;/h3-8,13,15,18,24H,9-12,14H2,1-2H3;1H/t15-;/m1./s1. The summed E-state index contributed by atoms with van der Waals surface area (Å²) >= 11 is 5.92. The predicted octanol–water partition coefficient (Wildman–Crippen LogP) is 4.89. The molecule has 2 aromatic carbocycles. The van der Waals surface area contributed by atoms with Crippen molar-refractivity contribution in [3.05, 3.63) is 70.0 Å². The lowest BCUT2D eigenvalue weighted by Gasteiger charge is -2.32. The fourth-order valence-electron chi connectivity index (χ4n) is 3.75. The lowest BCUT2D eigenvalue weighted by molar-refractivity contribution is 0.204. The molecule has 2 aromatic rings. The summed E-state index contributed by atoms with van der Waals surface area (Å²) in [6.45, 7) is 4.66. The number of rotatable bonds is 6. The van der Waals surface area contributed by atoms with Crippen LogP contribution in [0.1, 0.15) is 48.4 Å². The molecule has 0 amide bonds. The first-order valence-corrected chi connectivity index (χ1v) is 11.7. The molecule has 160 valence electrons. The van der Waals surface area contributed by atoms with Crippen molar-refractivity contribution in [2.75, 3.05) is 19.3 Å². The Balaban J connectivity index is 0.00000300. The van der Waals surface area contributed by atoms with Crippen molar-refractivity contribution < 1.29 is 12.8 Å². The van der Waals surface area contributed by atoms with Gasteiger partial charge in [0.15, 0.2) is 0 Å². The Bertz CT molecular complexity index is 915. The van der Waals surface area contributed by atoms with E-state index in [0.29, 0.717) is 5.92 Å². The topological polar surface area (TPSA) is 49.4 Å². The van der Waals surface area contributed by atoms with E-state index in [1.54, 1.807) is 6.07 Å². The van der Waals surface area contributed by atoms with E-state index in [9.17, 15) is 12.8 Å². The van der Waals surface area contributed by atoms with Crippen molar-refractivity contribution in [1.29, 1.82) is 0 Å². The molecule has 0 radical (unpaired) electrons. The van der Waals surface area contributed by atoms with Crippen LogP contribution in [0.15, 0.2) is 42.5 Å². The molecule has 1 atom stereocenters. The van der Waals surface area contributed by atoms with E-state index in [4.69, 9.17) is 11.6 Å². The van der Waals surface area contributed by atoms with Crippen LogP contribution in [0.25, 0.3) is 0 Å². The van der Waals surface area contributed by atoms with Gasteiger partial charge < -0.3 is 0 Å². The third-order valence-corrected chi connectivity index (χ3v) is 6.35. The second-order valence-corrected chi connectivity index (χ2v) is 9.76. The van der Waals surface area contributed by atoms with Gasteiger partial charge in [0, 0.05) is 12.6 Å². The summed E-state index contributed by atoms with van der Waals surface area (Å²) in [5.74, 6) is 0.0481. The Morgan fingerprint density at radius 2 is 1.79 bits per heavy atom. The number of hydrogen-bond acceptors (Lipinski definition) is 3. The average Bonchev–Trinajstić information content (AvgIpc) is 2.64.